The Labute approximate surface area is 158 Å². The van der Waals surface area contributed by atoms with Crippen LogP contribution in [-0.2, 0) is 28.5 Å². The van der Waals surface area contributed by atoms with Gasteiger partial charge in [-0.3, -0.25) is 9.59 Å². The van der Waals surface area contributed by atoms with E-state index in [2.05, 4.69) is 13.8 Å². The standard InChI is InChI=1S/C18H30O9/c1-10(2)5-3-4-6-13(20)27-18-16-15(14(21)12(7-19)26-18)24-8-11(9-25-16)17(22)23/h10-12,14-16,18-19,21H,3-9H2,1-2H3,(H,22,23)/t11-,12-,14-,15+,16-,18-/m1/s1. The van der Waals surface area contributed by atoms with Gasteiger partial charge in [0.25, 0.3) is 0 Å². The number of unbranched alkanes of at least 4 members (excludes halogenated alkanes) is 1. The maximum absolute atomic E-state index is 12.1. The van der Waals surface area contributed by atoms with Crippen LogP contribution in [0.5, 0.6) is 0 Å². The molecule has 6 atom stereocenters. The third kappa shape index (κ3) is 6.11. The largest absolute Gasteiger partial charge is 0.481 e. The van der Waals surface area contributed by atoms with Gasteiger partial charge in [0.15, 0.2) is 0 Å². The number of esters is 1. The molecule has 2 aliphatic heterocycles. The van der Waals surface area contributed by atoms with Gasteiger partial charge in [0.1, 0.15) is 30.3 Å². The Morgan fingerprint density at radius 1 is 1.15 bits per heavy atom. The predicted molar refractivity (Wildman–Crippen MR) is 91.8 cm³/mol. The van der Waals surface area contributed by atoms with Crippen LogP contribution >= 0.6 is 0 Å². The molecule has 2 saturated heterocycles. The fourth-order valence-corrected chi connectivity index (χ4v) is 3.16. The van der Waals surface area contributed by atoms with Crippen molar-refractivity contribution in [2.45, 2.75) is 70.2 Å². The van der Waals surface area contributed by atoms with Gasteiger partial charge >= 0.3 is 11.9 Å². The molecular weight excluding hydrogens is 360 g/mol. The van der Waals surface area contributed by atoms with Crippen LogP contribution in [0.4, 0.5) is 0 Å². The first-order valence-electron chi connectivity index (χ1n) is 9.43. The summed E-state index contributed by atoms with van der Waals surface area (Å²) in [6.45, 7) is 3.42. The summed E-state index contributed by atoms with van der Waals surface area (Å²) >= 11 is 0. The first-order chi connectivity index (χ1) is 12.8. The minimum atomic E-state index is -1.23. The molecule has 3 N–H and O–H groups in total. The summed E-state index contributed by atoms with van der Waals surface area (Å²) < 4.78 is 21.9. The lowest BCUT2D eigenvalue weighted by atomic mass is 9.99. The zero-order valence-electron chi connectivity index (χ0n) is 15.8. The van der Waals surface area contributed by atoms with E-state index in [-0.39, 0.29) is 19.6 Å². The Kier molecular flexibility index (Phi) is 8.43. The van der Waals surface area contributed by atoms with Gasteiger partial charge < -0.3 is 34.3 Å². The first-order valence-corrected chi connectivity index (χ1v) is 9.43. The van der Waals surface area contributed by atoms with E-state index >= 15 is 0 Å². The fourth-order valence-electron chi connectivity index (χ4n) is 3.16. The summed E-state index contributed by atoms with van der Waals surface area (Å²) in [5, 5.41) is 28.9. The number of carbonyl (C=O) groups excluding carboxylic acids is 1. The number of aliphatic hydroxyl groups excluding tert-OH is 2. The molecule has 0 spiro atoms. The van der Waals surface area contributed by atoms with Crippen molar-refractivity contribution in [3.63, 3.8) is 0 Å². The van der Waals surface area contributed by atoms with Crippen LogP contribution in [0.15, 0.2) is 0 Å². The number of hydrogen-bond acceptors (Lipinski definition) is 8. The van der Waals surface area contributed by atoms with Crippen molar-refractivity contribution >= 4 is 11.9 Å². The van der Waals surface area contributed by atoms with E-state index in [9.17, 15) is 19.8 Å². The van der Waals surface area contributed by atoms with Crippen molar-refractivity contribution in [2.75, 3.05) is 19.8 Å². The van der Waals surface area contributed by atoms with Gasteiger partial charge in [-0.2, -0.15) is 0 Å². The van der Waals surface area contributed by atoms with E-state index in [4.69, 9.17) is 24.1 Å². The molecule has 2 fully saturated rings. The summed E-state index contributed by atoms with van der Waals surface area (Å²) in [5.41, 5.74) is 0. The monoisotopic (exact) mass is 390 g/mol. The van der Waals surface area contributed by atoms with Crippen molar-refractivity contribution in [2.24, 2.45) is 11.8 Å². The van der Waals surface area contributed by atoms with E-state index < -0.39 is 55.2 Å². The van der Waals surface area contributed by atoms with E-state index in [1.54, 1.807) is 0 Å². The van der Waals surface area contributed by atoms with Gasteiger partial charge in [-0.25, -0.2) is 0 Å². The Morgan fingerprint density at radius 2 is 1.81 bits per heavy atom. The molecule has 156 valence electrons. The summed E-state index contributed by atoms with van der Waals surface area (Å²) in [5.74, 6) is -1.89. The highest BCUT2D eigenvalue weighted by Crippen LogP contribution is 2.30. The lowest BCUT2D eigenvalue weighted by Crippen LogP contribution is -2.60. The lowest BCUT2D eigenvalue weighted by molar-refractivity contribution is -0.301. The second-order valence-corrected chi connectivity index (χ2v) is 7.48. The Morgan fingerprint density at radius 3 is 2.41 bits per heavy atom. The van der Waals surface area contributed by atoms with Crippen LogP contribution in [0.1, 0.15) is 39.5 Å². The Bertz CT molecular complexity index is 495. The predicted octanol–water partition coefficient (Wildman–Crippen LogP) is 0.309. The quantitative estimate of drug-likeness (QED) is 0.396. The van der Waals surface area contributed by atoms with Gasteiger partial charge in [-0.05, 0) is 12.3 Å². The molecule has 0 bridgehead atoms. The van der Waals surface area contributed by atoms with Crippen LogP contribution in [0.3, 0.4) is 0 Å². The molecule has 0 aliphatic carbocycles. The maximum Gasteiger partial charge on any atom is 0.311 e. The van der Waals surface area contributed by atoms with Crippen LogP contribution in [0, 0.1) is 11.8 Å². The second-order valence-electron chi connectivity index (χ2n) is 7.48. The van der Waals surface area contributed by atoms with Crippen LogP contribution < -0.4 is 0 Å². The molecule has 2 rings (SSSR count). The highest BCUT2D eigenvalue weighted by Gasteiger charge is 2.50. The van der Waals surface area contributed by atoms with E-state index in [0.29, 0.717) is 12.3 Å². The Balaban J connectivity index is 1.98. The number of aliphatic carboxylic acids is 1. The number of rotatable bonds is 8. The molecule has 0 aromatic carbocycles. The number of carboxylic acids is 1. The average Bonchev–Trinajstić information content (AvgIpc) is 2.84. The summed E-state index contributed by atoms with van der Waals surface area (Å²) in [6.07, 6.45) is -2.53. The summed E-state index contributed by atoms with van der Waals surface area (Å²) in [6, 6.07) is 0. The lowest BCUT2D eigenvalue weighted by Gasteiger charge is -2.42. The van der Waals surface area contributed by atoms with Crippen LogP contribution in [-0.4, -0.2) is 77.8 Å². The smallest absolute Gasteiger partial charge is 0.311 e. The average molecular weight is 390 g/mol. The number of carboxylic acid groups (broad SMARTS) is 1. The fraction of sp³-hybridized carbons (Fsp3) is 0.889. The minimum Gasteiger partial charge on any atom is -0.481 e. The highest BCUT2D eigenvalue weighted by atomic mass is 16.7. The molecule has 9 nitrogen and oxygen atoms in total. The zero-order valence-corrected chi connectivity index (χ0v) is 15.8. The van der Waals surface area contributed by atoms with Crippen molar-refractivity contribution in [3.05, 3.63) is 0 Å². The summed E-state index contributed by atoms with van der Waals surface area (Å²) in [7, 11) is 0. The van der Waals surface area contributed by atoms with Crippen LogP contribution in [0.2, 0.25) is 0 Å². The summed E-state index contributed by atoms with van der Waals surface area (Å²) in [4.78, 5) is 23.3. The SMILES string of the molecule is CC(C)CCCCC(=O)O[C@H]1O[C@H](CO)[C@@H](O)[C@@H]2OC[C@@H](C(=O)O)CO[C@@H]12. The molecule has 0 amide bonds. The van der Waals surface area contributed by atoms with Crippen molar-refractivity contribution in [1.29, 1.82) is 0 Å². The normalized spacial score (nSPS) is 34.0. The van der Waals surface area contributed by atoms with Gasteiger partial charge in [-0.15, -0.1) is 0 Å². The molecule has 2 heterocycles. The van der Waals surface area contributed by atoms with Crippen molar-refractivity contribution < 1.29 is 43.9 Å². The van der Waals surface area contributed by atoms with Crippen molar-refractivity contribution in [3.8, 4) is 0 Å². The van der Waals surface area contributed by atoms with E-state index in [1.807, 2.05) is 0 Å². The van der Waals surface area contributed by atoms with Crippen LogP contribution in [0.25, 0.3) is 0 Å². The third-order valence-electron chi connectivity index (χ3n) is 4.79. The molecule has 9 heteroatoms. The number of aliphatic hydroxyl groups is 2. The number of hydrogen-bond donors (Lipinski definition) is 3. The highest BCUT2D eigenvalue weighted by molar-refractivity contribution is 5.70. The minimum absolute atomic E-state index is 0.151. The van der Waals surface area contributed by atoms with E-state index in [0.717, 1.165) is 12.8 Å². The first kappa shape index (κ1) is 22.0. The van der Waals surface area contributed by atoms with Gasteiger partial charge in [0, 0.05) is 6.42 Å². The number of carbonyl (C=O) groups is 2. The number of fused-ring (bicyclic) bond motifs is 1. The molecule has 0 aromatic rings. The molecule has 0 unspecified atom stereocenters. The maximum atomic E-state index is 12.1. The Hall–Kier alpha value is -1.26. The molecule has 2 aliphatic rings. The molecular formula is C18H30O9. The molecule has 27 heavy (non-hydrogen) atoms. The van der Waals surface area contributed by atoms with Gasteiger partial charge in [0.05, 0.1) is 19.8 Å². The molecule has 0 saturated carbocycles. The second kappa shape index (κ2) is 10.3. The number of ether oxygens (including phenoxy) is 4. The van der Waals surface area contributed by atoms with Gasteiger partial charge in [-0.1, -0.05) is 26.7 Å². The van der Waals surface area contributed by atoms with E-state index in [1.165, 1.54) is 0 Å². The molecule has 0 aromatic heterocycles. The van der Waals surface area contributed by atoms with Crippen molar-refractivity contribution in [1.82, 2.24) is 0 Å². The van der Waals surface area contributed by atoms with Gasteiger partial charge in [0.2, 0.25) is 6.29 Å². The zero-order chi connectivity index (χ0) is 20.0. The molecule has 0 radical (unpaired) electrons. The topological polar surface area (TPSA) is 132 Å². The third-order valence-corrected chi connectivity index (χ3v) is 4.79.